The first kappa shape index (κ1) is 19.4. The molecule has 1 saturated heterocycles. The van der Waals surface area contributed by atoms with Crippen molar-refractivity contribution in [3.05, 3.63) is 65.7 Å². The summed E-state index contributed by atoms with van der Waals surface area (Å²) in [6.07, 6.45) is 1.73. The zero-order valence-corrected chi connectivity index (χ0v) is 15.7. The molecule has 144 valence electrons. The van der Waals surface area contributed by atoms with Crippen LogP contribution in [0.1, 0.15) is 30.0 Å². The first-order valence-corrected chi connectivity index (χ1v) is 9.42. The highest BCUT2D eigenvalue weighted by Gasteiger charge is 2.35. The van der Waals surface area contributed by atoms with Gasteiger partial charge in [0.1, 0.15) is 11.9 Å². The molecule has 2 atom stereocenters. The Balaban J connectivity index is 1.62. The highest BCUT2D eigenvalue weighted by Crippen LogP contribution is 2.30. The predicted molar refractivity (Wildman–Crippen MR) is 104 cm³/mol. The smallest absolute Gasteiger partial charge is 0.223 e. The molecular weight excluding hydrogens is 342 g/mol. The lowest BCUT2D eigenvalue weighted by molar-refractivity contribution is -0.150. The molecule has 0 spiro atoms. The third kappa shape index (κ3) is 4.87. The molecule has 1 N–H and O–H groups in total. The van der Waals surface area contributed by atoms with Crippen molar-refractivity contribution in [2.45, 2.75) is 31.4 Å². The molecule has 27 heavy (non-hydrogen) atoms. The molecule has 0 aliphatic carbocycles. The van der Waals surface area contributed by atoms with E-state index in [1.54, 1.807) is 7.11 Å². The molecule has 0 aromatic heterocycles. The van der Waals surface area contributed by atoms with Gasteiger partial charge >= 0.3 is 0 Å². The van der Waals surface area contributed by atoms with Gasteiger partial charge in [-0.2, -0.15) is 0 Å². The highest BCUT2D eigenvalue weighted by atomic mass is 16.5. The summed E-state index contributed by atoms with van der Waals surface area (Å²) in [4.78, 5) is 14.8. The number of rotatable bonds is 7. The minimum absolute atomic E-state index is 0.102. The van der Waals surface area contributed by atoms with Gasteiger partial charge in [-0.05, 0) is 36.1 Å². The second-order valence-electron chi connectivity index (χ2n) is 6.74. The fraction of sp³-hybridized carbons (Fsp3) is 0.409. The Kier molecular flexibility index (Phi) is 6.85. The molecule has 1 heterocycles. The van der Waals surface area contributed by atoms with Gasteiger partial charge in [-0.25, -0.2) is 0 Å². The molecule has 0 radical (unpaired) electrons. The first-order valence-electron chi connectivity index (χ1n) is 9.42. The van der Waals surface area contributed by atoms with E-state index in [1.807, 2.05) is 59.5 Å². The number of ether oxygens (including phenoxy) is 2. The van der Waals surface area contributed by atoms with Crippen LogP contribution in [-0.4, -0.2) is 48.9 Å². The van der Waals surface area contributed by atoms with Crippen LogP contribution >= 0.6 is 0 Å². The molecule has 1 aliphatic heterocycles. The average Bonchev–Trinajstić information content (AvgIpc) is 2.74. The monoisotopic (exact) mass is 369 g/mol. The van der Waals surface area contributed by atoms with Crippen LogP contribution in [0, 0.1) is 0 Å². The number of methoxy groups -OCH3 is 1. The Bertz CT molecular complexity index is 717. The highest BCUT2D eigenvalue weighted by molar-refractivity contribution is 5.77. The number of hydrogen-bond acceptors (Lipinski definition) is 4. The lowest BCUT2D eigenvalue weighted by Crippen LogP contribution is -2.49. The van der Waals surface area contributed by atoms with Crippen molar-refractivity contribution in [3.63, 3.8) is 0 Å². The number of aryl methyl sites for hydroxylation is 1. The molecule has 5 heteroatoms. The number of aliphatic hydroxyl groups is 1. The summed E-state index contributed by atoms with van der Waals surface area (Å²) in [5.74, 6) is 0.947. The van der Waals surface area contributed by atoms with E-state index >= 15 is 0 Å². The van der Waals surface area contributed by atoms with Crippen molar-refractivity contribution >= 4 is 5.91 Å². The van der Waals surface area contributed by atoms with Crippen molar-refractivity contribution < 1.29 is 19.4 Å². The summed E-state index contributed by atoms with van der Waals surface area (Å²) in [5, 5.41) is 9.72. The van der Waals surface area contributed by atoms with E-state index in [9.17, 15) is 9.90 Å². The van der Waals surface area contributed by atoms with Crippen LogP contribution in [0.3, 0.4) is 0 Å². The third-order valence-electron chi connectivity index (χ3n) is 5.01. The summed E-state index contributed by atoms with van der Waals surface area (Å²) in [6, 6.07) is 17.5. The SMILES string of the molecule is COc1ccc(CCCC(=O)N2CCOC(CO)C2c2ccccc2)cc1. The average molecular weight is 369 g/mol. The quantitative estimate of drug-likeness (QED) is 0.815. The molecule has 2 aromatic rings. The van der Waals surface area contributed by atoms with Gasteiger partial charge in [-0.15, -0.1) is 0 Å². The van der Waals surface area contributed by atoms with Gasteiger partial charge in [-0.3, -0.25) is 4.79 Å². The molecular formula is C22H27NO4. The number of amides is 1. The van der Waals surface area contributed by atoms with Crippen LogP contribution in [-0.2, 0) is 16.0 Å². The molecule has 5 nitrogen and oxygen atoms in total. The number of nitrogens with zero attached hydrogens (tertiary/aromatic N) is 1. The van der Waals surface area contributed by atoms with Gasteiger partial charge in [0.05, 0.1) is 26.4 Å². The van der Waals surface area contributed by atoms with Gasteiger partial charge < -0.3 is 19.5 Å². The van der Waals surface area contributed by atoms with E-state index in [2.05, 4.69) is 0 Å². The maximum absolute atomic E-state index is 12.9. The normalized spacial score (nSPS) is 19.7. The van der Waals surface area contributed by atoms with Crippen LogP contribution < -0.4 is 4.74 Å². The molecule has 2 aromatic carbocycles. The topological polar surface area (TPSA) is 59.0 Å². The minimum Gasteiger partial charge on any atom is -0.497 e. The second-order valence-corrected chi connectivity index (χ2v) is 6.74. The Morgan fingerprint density at radius 2 is 1.93 bits per heavy atom. The maximum atomic E-state index is 12.9. The standard InChI is InChI=1S/C22H27NO4/c1-26-19-12-10-17(11-13-19)6-5-9-21(25)23-14-15-27-20(16-24)22(23)18-7-3-2-4-8-18/h2-4,7-8,10-13,20,22,24H,5-6,9,14-16H2,1H3. The van der Waals surface area contributed by atoms with Crippen molar-refractivity contribution in [2.75, 3.05) is 26.9 Å². The Labute approximate surface area is 160 Å². The summed E-state index contributed by atoms with van der Waals surface area (Å²) in [6.45, 7) is 0.908. The predicted octanol–water partition coefficient (Wildman–Crippen LogP) is 2.98. The van der Waals surface area contributed by atoms with Gasteiger partial charge in [0.15, 0.2) is 0 Å². The molecule has 2 unspecified atom stereocenters. The molecule has 0 saturated carbocycles. The Morgan fingerprint density at radius 3 is 2.59 bits per heavy atom. The second kappa shape index (κ2) is 9.53. The summed E-state index contributed by atoms with van der Waals surface area (Å²) in [5.41, 5.74) is 2.19. The molecule has 3 rings (SSSR count). The van der Waals surface area contributed by atoms with Crippen molar-refractivity contribution in [1.82, 2.24) is 4.90 Å². The molecule has 1 amide bonds. The summed E-state index contributed by atoms with van der Waals surface area (Å²) >= 11 is 0. The van der Waals surface area contributed by atoms with Crippen molar-refractivity contribution in [2.24, 2.45) is 0 Å². The van der Waals surface area contributed by atoms with Crippen molar-refractivity contribution in [1.29, 1.82) is 0 Å². The number of hydrogen-bond donors (Lipinski definition) is 1. The number of aliphatic hydroxyl groups excluding tert-OH is 1. The fourth-order valence-corrected chi connectivity index (χ4v) is 3.59. The largest absolute Gasteiger partial charge is 0.497 e. The van der Waals surface area contributed by atoms with Crippen LogP contribution in [0.15, 0.2) is 54.6 Å². The zero-order valence-electron chi connectivity index (χ0n) is 15.7. The molecule has 1 aliphatic rings. The number of carbonyl (C=O) groups is 1. The van der Waals surface area contributed by atoms with E-state index in [0.29, 0.717) is 19.6 Å². The van der Waals surface area contributed by atoms with Crippen LogP contribution in [0.25, 0.3) is 0 Å². The van der Waals surface area contributed by atoms with Crippen LogP contribution in [0.4, 0.5) is 0 Å². The molecule has 0 bridgehead atoms. The van der Waals surface area contributed by atoms with Gasteiger partial charge in [0.25, 0.3) is 0 Å². The Morgan fingerprint density at radius 1 is 1.19 bits per heavy atom. The van der Waals surface area contributed by atoms with E-state index in [-0.39, 0.29) is 24.7 Å². The lowest BCUT2D eigenvalue weighted by atomic mass is 9.97. The zero-order chi connectivity index (χ0) is 19.1. The summed E-state index contributed by atoms with van der Waals surface area (Å²) < 4.78 is 10.9. The summed E-state index contributed by atoms with van der Waals surface area (Å²) in [7, 11) is 1.65. The Hall–Kier alpha value is -2.37. The molecule has 1 fully saturated rings. The van der Waals surface area contributed by atoms with E-state index in [4.69, 9.17) is 9.47 Å². The minimum atomic E-state index is -0.383. The number of carbonyl (C=O) groups excluding carboxylic acids is 1. The van der Waals surface area contributed by atoms with Gasteiger partial charge in [-0.1, -0.05) is 42.5 Å². The van der Waals surface area contributed by atoms with E-state index < -0.39 is 0 Å². The van der Waals surface area contributed by atoms with Crippen LogP contribution in [0.2, 0.25) is 0 Å². The number of morpholine rings is 1. The lowest BCUT2D eigenvalue weighted by Gasteiger charge is -2.41. The number of benzene rings is 2. The first-order chi connectivity index (χ1) is 13.2. The van der Waals surface area contributed by atoms with E-state index in [0.717, 1.165) is 24.2 Å². The van der Waals surface area contributed by atoms with Gasteiger partial charge in [0, 0.05) is 13.0 Å². The van der Waals surface area contributed by atoms with Gasteiger partial charge in [0.2, 0.25) is 5.91 Å². The van der Waals surface area contributed by atoms with Crippen LogP contribution in [0.5, 0.6) is 5.75 Å². The van der Waals surface area contributed by atoms with Crippen molar-refractivity contribution in [3.8, 4) is 5.75 Å². The fourth-order valence-electron chi connectivity index (χ4n) is 3.59. The maximum Gasteiger partial charge on any atom is 0.223 e. The van der Waals surface area contributed by atoms with E-state index in [1.165, 1.54) is 5.56 Å². The third-order valence-corrected chi connectivity index (χ3v) is 5.01.